The summed E-state index contributed by atoms with van der Waals surface area (Å²) in [6, 6.07) is 5.93. The molecular formula is C20H21N5O4. The number of rotatable bonds is 6. The number of benzene rings is 1. The first-order valence-electron chi connectivity index (χ1n) is 9.43. The summed E-state index contributed by atoms with van der Waals surface area (Å²) in [4.78, 5) is 28.3. The zero-order chi connectivity index (χ0) is 20.4. The topological polar surface area (TPSA) is 112 Å². The molecule has 1 N–H and O–H groups in total. The lowest BCUT2D eigenvalue weighted by atomic mass is 10.0. The molecule has 29 heavy (non-hydrogen) atoms. The van der Waals surface area contributed by atoms with Crippen LogP contribution in [-0.2, 0) is 28.9 Å². The molecule has 3 aromatic rings. The predicted molar refractivity (Wildman–Crippen MR) is 102 cm³/mol. The number of hydrogen-bond donors (Lipinski definition) is 1. The summed E-state index contributed by atoms with van der Waals surface area (Å²) < 4.78 is 11.2. The number of ether oxygens (including phenoxy) is 1. The Labute approximate surface area is 167 Å². The van der Waals surface area contributed by atoms with E-state index in [1.807, 2.05) is 19.1 Å². The summed E-state index contributed by atoms with van der Waals surface area (Å²) in [5, 5.41) is 11.1. The highest BCUT2D eigenvalue weighted by Gasteiger charge is 2.25. The van der Waals surface area contributed by atoms with Gasteiger partial charge in [-0.2, -0.15) is 10.1 Å². The second kappa shape index (κ2) is 7.86. The van der Waals surface area contributed by atoms with Gasteiger partial charge >= 0.3 is 5.97 Å². The molecule has 0 saturated carbocycles. The second-order valence-electron chi connectivity index (χ2n) is 6.85. The Morgan fingerprint density at radius 2 is 2.24 bits per heavy atom. The Kier molecular flexibility index (Phi) is 5.11. The molecule has 0 fully saturated rings. The maximum absolute atomic E-state index is 12.6. The van der Waals surface area contributed by atoms with Crippen LogP contribution in [0, 0.1) is 0 Å². The number of fused-ring (bicyclic) bond motifs is 1. The van der Waals surface area contributed by atoms with E-state index in [2.05, 4.69) is 31.4 Å². The molecule has 2 heterocycles. The first kappa shape index (κ1) is 18.9. The molecule has 1 aliphatic carbocycles. The second-order valence-corrected chi connectivity index (χ2v) is 6.85. The Bertz CT molecular complexity index is 1050. The minimum atomic E-state index is -0.423. The third kappa shape index (κ3) is 3.89. The van der Waals surface area contributed by atoms with Crippen LogP contribution in [0.5, 0.6) is 0 Å². The van der Waals surface area contributed by atoms with E-state index in [4.69, 9.17) is 4.52 Å². The van der Waals surface area contributed by atoms with Crippen molar-refractivity contribution in [2.45, 2.75) is 38.8 Å². The largest absolute Gasteiger partial charge is 0.468 e. The van der Waals surface area contributed by atoms with E-state index in [0.29, 0.717) is 23.7 Å². The number of aromatic nitrogens is 4. The highest BCUT2D eigenvalue weighted by atomic mass is 16.5. The predicted octanol–water partition coefficient (Wildman–Crippen LogP) is 2.09. The monoisotopic (exact) mass is 395 g/mol. The average molecular weight is 395 g/mol. The number of carbonyl (C=O) groups is 2. The fourth-order valence-electron chi connectivity index (χ4n) is 3.43. The molecule has 0 spiro atoms. The third-order valence-electron chi connectivity index (χ3n) is 4.97. The summed E-state index contributed by atoms with van der Waals surface area (Å²) >= 11 is 0. The molecule has 0 bridgehead atoms. The van der Waals surface area contributed by atoms with Gasteiger partial charge in [-0.25, -0.2) is 0 Å². The van der Waals surface area contributed by atoms with Gasteiger partial charge in [0.05, 0.1) is 24.9 Å². The van der Waals surface area contributed by atoms with Gasteiger partial charge in [-0.3, -0.25) is 14.3 Å². The van der Waals surface area contributed by atoms with Gasteiger partial charge in [0.15, 0.2) is 0 Å². The van der Waals surface area contributed by atoms with Crippen molar-refractivity contribution in [1.29, 1.82) is 0 Å². The molecule has 0 unspecified atom stereocenters. The van der Waals surface area contributed by atoms with Gasteiger partial charge < -0.3 is 14.6 Å². The van der Waals surface area contributed by atoms with Crippen LogP contribution in [-0.4, -0.2) is 38.9 Å². The maximum atomic E-state index is 12.6. The number of aryl methyl sites for hydroxylation is 2. The number of nitrogens with zero attached hydrogens (tertiary/aromatic N) is 4. The molecule has 1 aliphatic rings. The summed E-state index contributed by atoms with van der Waals surface area (Å²) in [6.07, 6.45) is 5.34. The molecule has 150 valence electrons. The van der Waals surface area contributed by atoms with Crippen molar-refractivity contribution in [2.75, 3.05) is 7.11 Å². The van der Waals surface area contributed by atoms with Crippen LogP contribution in [0.3, 0.4) is 0 Å². The smallest absolute Gasteiger partial charge is 0.327 e. The summed E-state index contributed by atoms with van der Waals surface area (Å²) in [6.45, 7) is 1.93. The van der Waals surface area contributed by atoms with E-state index in [1.165, 1.54) is 24.2 Å². The van der Waals surface area contributed by atoms with E-state index >= 15 is 0 Å². The fourth-order valence-corrected chi connectivity index (χ4v) is 3.43. The molecule has 9 heteroatoms. The zero-order valence-electron chi connectivity index (χ0n) is 16.2. The summed E-state index contributed by atoms with van der Waals surface area (Å²) in [5.74, 6) is 0.538. The molecule has 9 nitrogen and oxygen atoms in total. The van der Waals surface area contributed by atoms with Gasteiger partial charge in [-0.05, 0) is 30.0 Å². The highest BCUT2D eigenvalue weighted by molar-refractivity contribution is 5.94. The van der Waals surface area contributed by atoms with Gasteiger partial charge in [0, 0.05) is 18.2 Å². The maximum Gasteiger partial charge on any atom is 0.327 e. The van der Waals surface area contributed by atoms with Crippen LogP contribution < -0.4 is 5.32 Å². The lowest BCUT2D eigenvalue weighted by Gasteiger charge is -2.13. The number of hydrogen-bond acceptors (Lipinski definition) is 7. The van der Waals surface area contributed by atoms with Crippen LogP contribution in [0.4, 0.5) is 0 Å². The quantitative estimate of drug-likeness (QED) is 0.636. The Balaban J connectivity index is 1.45. The van der Waals surface area contributed by atoms with E-state index < -0.39 is 5.97 Å². The Morgan fingerprint density at radius 1 is 1.38 bits per heavy atom. The Hall–Kier alpha value is -3.49. The van der Waals surface area contributed by atoms with Crippen molar-refractivity contribution in [2.24, 2.45) is 0 Å². The van der Waals surface area contributed by atoms with Crippen LogP contribution >= 0.6 is 0 Å². The van der Waals surface area contributed by atoms with Crippen molar-refractivity contribution in [3.05, 3.63) is 53.2 Å². The number of amides is 1. The first-order chi connectivity index (χ1) is 14.1. The van der Waals surface area contributed by atoms with E-state index in [9.17, 15) is 9.59 Å². The van der Waals surface area contributed by atoms with E-state index in [0.717, 1.165) is 29.5 Å². The van der Waals surface area contributed by atoms with Crippen molar-refractivity contribution >= 4 is 11.9 Å². The number of esters is 1. The molecule has 1 aromatic carbocycles. The van der Waals surface area contributed by atoms with Crippen LogP contribution in [0.15, 0.2) is 35.1 Å². The van der Waals surface area contributed by atoms with E-state index in [-0.39, 0.29) is 18.5 Å². The number of nitrogens with one attached hydrogen (secondary N) is 1. The Morgan fingerprint density at radius 3 is 3.00 bits per heavy atom. The van der Waals surface area contributed by atoms with E-state index in [1.54, 1.807) is 0 Å². The van der Waals surface area contributed by atoms with Gasteiger partial charge in [0.25, 0.3) is 5.91 Å². The first-order valence-corrected chi connectivity index (χ1v) is 9.43. The van der Waals surface area contributed by atoms with Crippen LogP contribution in [0.25, 0.3) is 11.4 Å². The molecule has 1 amide bonds. The SMILES string of the molecule is CCc1nc(-c2ccc3c(c2)CC[C@H]3NC(=O)c2cnn(CC(=O)OC)c2)no1. The van der Waals surface area contributed by atoms with Crippen LogP contribution in [0.1, 0.15) is 46.8 Å². The van der Waals surface area contributed by atoms with Crippen LogP contribution in [0.2, 0.25) is 0 Å². The van der Waals surface area contributed by atoms with Crippen molar-refractivity contribution in [3.8, 4) is 11.4 Å². The summed E-state index contributed by atoms with van der Waals surface area (Å²) in [5.41, 5.74) is 3.56. The minimum Gasteiger partial charge on any atom is -0.468 e. The molecule has 4 rings (SSSR count). The standard InChI is InChI=1S/C20H21N5O4/c1-3-17-23-19(24-29-17)13-4-6-15-12(8-13)5-7-16(15)22-20(27)14-9-21-25(10-14)11-18(26)28-2/h4,6,8-10,16H,3,5,7,11H2,1-2H3,(H,22,27)/t16-/m1/s1. The van der Waals surface area contributed by atoms with Crippen molar-refractivity contribution in [3.63, 3.8) is 0 Å². The zero-order valence-corrected chi connectivity index (χ0v) is 16.2. The molecule has 0 radical (unpaired) electrons. The van der Waals surface area contributed by atoms with Gasteiger partial charge in [0.2, 0.25) is 11.7 Å². The number of methoxy groups -OCH3 is 1. The third-order valence-corrected chi connectivity index (χ3v) is 4.97. The lowest BCUT2D eigenvalue weighted by molar-refractivity contribution is -0.141. The van der Waals surface area contributed by atoms with Gasteiger partial charge in [-0.1, -0.05) is 24.2 Å². The number of carbonyl (C=O) groups excluding carboxylic acids is 2. The molecule has 0 aliphatic heterocycles. The fraction of sp³-hybridized carbons (Fsp3) is 0.350. The van der Waals surface area contributed by atoms with Gasteiger partial charge in [0.1, 0.15) is 6.54 Å². The molecule has 1 atom stereocenters. The minimum absolute atomic E-state index is 0.0331. The average Bonchev–Trinajstić information content (AvgIpc) is 3.47. The van der Waals surface area contributed by atoms with Gasteiger partial charge in [-0.15, -0.1) is 0 Å². The normalized spacial score (nSPS) is 15.2. The van der Waals surface area contributed by atoms with Crippen molar-refractivity contribution in [1.82, 2.24) is 25.2 Å². The molecule has 2 aromatic heterocycles. The highest BCUT2D eigenvalue weighted by Crippen LogP contribution is 2.34. The van der Waals surface area contributed by atoms with Crippen molar-refractivity contribution < 1.29 is 18.8 Å². The molecular weight excluding hydrogens is 374 g/mol. The summed E-state index contributed by atoms with van der Waals surface area (Å²) in [7, 11) is 1.31. The molecule has 0 saturated heterocycles. The lowest BCUT2D eigenvalue weighted by Crippen LogP contribution is -2.26.